The van der Waals surface area contributed by atoms with Crippen LogP contribution in [0.3, 0.4) is 0 Å². The average molecular weight is 390 g/mol. The van der Waals surface area contributed by atoms with Crippen molar-refractivity contribution in [3.63, 3.8) is 0 Å². The number of carbonyl (C=O) groups is 1. The first kappa shape index (κ1) is 13.5. The Bertz CT molecular complexity index is 604. The Morgan fingerprint density at radius 2 is 2.06 bits per heavy atom. The van der Waals surface area contributed by atoms with Crippen LogP contribution in [0.4, 0.5) is 5.69 Å². The van der Waals surface area contributed by atoms with E-state index in [4.69, 9.17) is 11.6 Å². The van der Waals surface area contributed by atoms with Gasteiger partial charge in [0.15, 0.2) is 5.15 Å². The monoisotopic (exact) mass is 388 g/mol. The van der Waals surface area contributed by atoms with Gasteiger partial charge in [0.1, 0.15) is 0 Å². The van der Waals surface area contributed by atoms with Gasteiger partial charge in [-0.3, -0.25) is 4.79 Å². The van der Waals surface area contributed by atoms with Crippen molar-refractivity contribution in [2.45, 2.75) is 0 Å². The van der Waals surface area contributed by atoms with Crippen molar-refractivity contribution in [2.24, 2.45) is 0 Å². The number of anilines is 1. The second kappa shape index (κ2) is 5.82. The third kappa shape index (κ3) is 3.10. The summed E-state index contributed by atoms with van der Waals surface area (Å²) >= 11 is 12.5. The Hall–Kier alpha value is -0.910. The van der Waals surface area contributed by atoms with E-state index in [1.807, 2.05) is 6.07 Å². The first-order valence-electron chi connectivity index (χ1n) is 4.95. The maximum Gasteiger partial charge on any atom is 0.256 e. The zero-order valence-electron chi connectivity index (χ0n) is 8.95. The molecule has 6 heteroatoms. The normalized spacial score (nSPS) is 10.2. The lowest BCUT2D eigenvalue weighted by molar-refractivity contribution is 0.102. The highest BCUT2D eigenvalue weighted by molar-refractivity contribution is 9.11. The highest BCUT2D eigenvalue weighted by atomic mass is 79.9. The van der Waals surface area contributed by atoms with Crippen LogP contribution in [0.5, 0.6) is 0 Å². The van der Waals surface area contributed by atoms with Gasteiger partial charge in [0.2, 0.25) is 0 Å². The molecule has 0 saturated carbocycles. The van der Waals surface area contributed by atoms with Crippen molar-refractivity contribution >= 4 is 55.1 Å². The maximum atomic E-state index is 12.1. The van der Waals surface area contributed by atoms with Crippen molar-refractivity contribution in [3.8, 4) is 0 Å². The van der Waals surface area contributed by atoms with E-state index in [0.29, 0.717) is 15.7 Å². The van der Waals surface area contributed by atoms with E-state index in [0.717, 1.165) is 4.47 Å². The molecule has 1 aromatic heterocycles. The quantitative estimate of drug-likeness (QED) is 0.767. The molecule has 0 aliphatic heterocycles. The SMILES string of the molecule is O=C(Nc1cccnc1Cl)c1cc(Br)ccc1Br. The molecule has 0 unspecified atom stereocenters. The molecule has 2 rings (SSSR count). The van der Waals surface area contributed by atoms with Gasteiger partial charge in [0.25, 0.3) is 5.91 Å². The van der Waals surface area contributed by atoms with Crippen LogP contribution in [-0.4, -0.2) is 10.9 Å². The van der Waals surface area contributed by atoms with E-state index in [1.54, 1.807) is 30.5 Å². The summed E-state index contributed by atoms with van der Waals surface area (Å²) < 4.78 is 1.54. The molecule has 1 N–H and O–H groups in total. The molecule has 0 bridgehead atoms. The van der Waals surface area contributed by atoms with Crippen LogP contribution in [-0.2, 0) is 0 Å². The van der Waals surface area contributed by atoms with Crippen LogP contribution < -0.4 is 5.32 Å². The summed E-state index contributed by atoms with van der Waals surface area (Å²) in [5, 5.41) is 2.97. The van der Waals surface area contributed by atoms with Crippen molar-refractivity contribution in [3.05, 3.63) is 56.2 Å². The van der Waals surface area contributed by atoms with E-state index in [1.165, 1.54) is 0 Å². The smallest absolute Gasteiger partial charge is 0.256 e. The van der Waals surface area contributed by atoms with Crippen molar-refractivity contribution in [1.29, 1.82) is 0 Å². The summed E-state index contributed by atoms with van der Waals surface area (Å²) in [7, 11) is 0. The van der Waals surface area contributed by atoms with Gasteiger partial charge < -0.3 is 5.32 Å². The number of amides is 1. The summed E-state index contributed by atoms with van der Waals surface area (Å²) in [6, 6.07) is 8.77. The molecule has 0 saturated heterocycles. The molecule has 3 nitrogen and oxygen atoms in total. The first-order valence-corrected chi connectivity index (χ1v) is 6.91. The number of nitrogens with zero attached hydrogens (tertiary/aromatic N) is 1. The fourth-order valence-electron chi connectivity index (χ4n) is 1.34. The molecular formula is C12H7Br2ClN2O. The minimum absolute atomic E-state index is 0.252. The number of hydrogen-bond acceptors (Lipinski definition) is 2. The Morgan fingerprint density at radius 3 is 2.78 bits per heavy atom. The van der Waals surface area contributed by atoms with E-state index in [-0.39, 0.29) is 11.1 Å². The van der Waals surface area contributed by atoms with Crippen LogP contribution in [0.25, 0.3) is 0 Å². The lowest BCUT2D eigenvalue weighted by Crippen LogP contribution is -2.13. The molecule has 0 aliphatic carbocycles. The van der Waals surface area contributed by atoms with E-state index < -0.39 is 0 Å². The topological polar surface area (TPSA) is 42.0 Å². The molecule has 1 amide bonds. The van der Waals surface area contributed by atoms with E-state index in [2.05, 4.69) is 42.2 Å². The van der Waals surface area contributed by atoms with Crippen LogP contribution in [0.15, 0.2) is 45.5 Å². The van der Waals surface area contributed by atoms with E-state index >= 15 is 0 Å². The second-order valence-electron chi connectivity index (χ2n) is 3.42. The predicted molar refractivity (Wildman–Crippen MR) is 79.0 cm³/mol. The summed E-state index contributed by atoms with van der Waals surface area (Å²) in [4.78, 5) is 16.0. The molecule has 1 heterocycles. The number of rotatable bonds is 2. The molecule has 0 spiro atoms. The van der Waals surface area contributed by atoms with Crippen molar-refractivity contribution in [1.82, 2.24) is 4.98 Å². The zero-order valence-corrected chi connectivity index (χ0v) is 12.9. The number of pyridine rings is 1. The third-order valence-electron chi connectivity index (χ3n) is 2.18. The van der Waals surface area contributed by atoms with Gasteiger partial charge in [-0.2, -0.15) is 0 Å². The highest BCUT2D eigenvalue weighted by Gasteiger charge is 2.12. The fraction of sp³-hybridized carbons (Fsp3) is 0. The molecule has 18 heavy (non-hydrogen) atoms. The Kier molecular flexibility index (Phi) is 4.37. The van der Waals surface area contributed by atoms with Crippen molar-refractivity contribution < 1.29 is 4.79 Å². The summed E-state index contributed by atoms with van der Waals surface area (Å²) in [6.45, 7) is 0. The zero-order chi connectivity index (χ0) is 13.1. The summed E-state index contributed by atoms with van der Waals surface area (Å²) in [5.41, 5.74) is 1.00. The number of aromatic nitrogens is 1. The Balaban J connectivity index is 2.28. The molecule has 1 aromatic carbocycles. The van der Waals surface area contributed by atoms with Gasteiger partial charge in [0, 0.05) is 15.1 Å². The molecule has 0 radical (unpaired) electrons. The second-order valence-corrected chi connectivity index (χ2v) is 5.55. The highest BCUT2D eigenvalue weighted by Crippen LogP contribution is 2.24. The first-order chi connectivity index (χ1) is 8.58. The van der Waals surface area contributed by atoms with E-state index in [9.17, 15) is 4.79 Å². The summed E-state index contributed by atoms with van der Waals surface area (Å²) in [5.74, 6) is -0.252. The van der Waals surface area contributed by atoms with Gasteiger partial charge in [-0.1, -0.05) is 27.5 Å². The molecule has 0 aliphatic rings. The van der Waals surface area contributed by atoms with Gasteiger partial charge in [-0.25, -0.2) is 4.98 Å². The fourth-order valence-corrected chi connectivity index (χ4v) is 2.29. The van der Waals surface area contributed by atoms with Gasteiger partial charge in [-0.15, -0.1) is 0 Å². The number of nitrogens with one attached hydrogen (secondary N) is 1. The molecule has 0 fully saturated rings. The van der Waals surface area contributed by atoms with Crippen LogP contribution in [0.2, 0.25) is 5.15 Å². The lowest BCUT2D eigenvalue weighted by Gasteiger charge is -2.08. The van der Waals surface area contributed by atoms with Crippen LogP contribution >= 0.6 is 43.5 Å². The standard InChI is InChI=1S/C12H7Br2ClN2O/c13-7-3-4-9(14)8(6-7)12(18)17-10-2-1-5-16-11(10)15/h1-6H,(H,17,18). The molecule has 92 valence electrons. The molecule has 2 aromatic rings. The Labute approximate surface area is 126 Å². The minimum atomic E-state index is -0.252. The van der Waals surface area contributed by atoms with Crippen molar-refractivity contribution in [2.75, 3.05) is 5.32 Å². The van der Waals surface area contributed by atoms with Gasteiger partial charge in [0.05, 0.1) is 11.3 Å². The third-order valence-corrected chi connectivity index (χ3v) is 3.67. The average Bonchev–Trinajstić information content (AvgIpc) is 2.35. The number of hydrogen-bond donors (Lipinski definition) is 1. The maximum absolute atomic E-state index is 12.1. The van der Waals surface area contributed by atoms with Gasteiger partial charge in [-0.05, 0) is 46.3 Å². The largest absolute Gasteiger partial charge is 0.319 e. The number of carbonyl (C=O) groups excluding carboxylic acids is 1. The molecular weight excluding hydrogens is 383 g/mol. The predicted octanol–water partition coefficient (Wildman–Crippen LogP) is 4.51. The summed E-state index contributed by atoms with van der Waals surface area (Å²) in [6.07, 6.45) is 1.56. The minimum Gasteiger partial charge on any atom is -0.319 e. The van der Waals surface area contributed by atoms with Crippen LogP contribution in [0.1, 0.15) is 10.4 Å². The number of benzene rings is 1. The Morgan fingerprint density at radius 1 is 1.28 bits per heavy atom. The van der Waals surface area contributed by atoms with Gasteiger partial charge >= 0.3 is 0 Å². The molecule has 0 atom stereocenters. The lowest BCUT2D eigenvalue weighted by atomic mass is 10.2. The van der Waals surface area contributed by atoms with Crippen LogP contribution in [0, 0.1) is 0 Å². The number of halogens is 3.